The maximum atomic E-state index is 14.3. The third-order valence-corrected chi connectivity index (χ3v) is 11.6. The van der Waals surface area contributed by atoms with Crippen LogP contribution in [-0.4, -0.2) is 97.7 Å². The van der Waals surface area contributed by atoms with Crippen LogP contribution in [0, 0.1) is 11.3 Å². The van der Waals surface area contributed by atoms with Gasteiger partial charge in [0.25, 0.3) is 0 Å². The molecule has 0 N–H and O–H groups in total. The fourth-order valence-corrected chi connectivity index (χ4v) is 8.46. The molecular formula is C44H64F3N3O4. The zero-order chi connectivity index (χ0) is 39.4. The van der Waals surface area contributed by atoms with Crippen LogP contribution in [0.5, 0.6) is 5.75 Å². The van der Waals surface area contributed by atoms with Crippen molar-refractivity contribution in [3.05, 3.63) is 71.3 Å². The second-order valence-corrected chi connectivity index (χ2v) is 18.2. The molecule has 2 saturated heterocycles. The summed E-state index contributed by atoms with van der Waals surface area (Å²) in [6, 6.07) is 16.7. The summed E-state index contributed by atoms with van der Waals surface area (Å²) >= 11 is 0. The van der Waals surface area contributed by atoms with Crippen molar-refractivity contribution in [2.45, 2.75) is 116 Å². The van der Waals surface area contributed by atoms with Crippen LogP contribution in [0.1, 0.15) is 104 Å². The van der Waals surface area contributed by atoms with Crippen LogP contribution in [0.4, 0.5) is 18.0 Å². The molecule has 7 nitrogen and oxygen atoms in total. The first-order valence-electron chi connectivity index (χ1n) is 19.8. The Morgan fingerprint density at radius 1 is 0.963 bits per heavy atom. The van der Waals surface area contributed by atoms with Gasteiger partial charge in [0.15, 0.2) is 0 Å². The molecule has 300 valence electrons. The number of benzene rings is 2. The average Bonchev–Trinajstić information content (AvgIpc) is 3.10. The molecule has 0 unspecified atom stereocenters. The Morgan fingerprint density at radius 2 is 1.63 bits per heavy atom. The number of allylic oxidation sites excluding steroid dienone is 2. The van der Waals surface area contributed by atoms with E-state index in [9.17, 15) is 18.0 Å². The highest BCUT2D eigenvalue weighted by molar-refractivity contribution is 5.68. The van der Waals surface area contributed by atoms with Gasteiger partial charge in [0.05, 0.1) is 18.1 Å². The Kier molecular flexibility index (Phi) is 13.2. The van der Waals surface area contributed by atoms with E-state index in [1.165, 1.54) is 30.5 Å². The van der Waals surface area contributed by atoms with Gasteiger partial charge in [0, 0.05) is 57.8 Å². The number of amides is 1. The molecule has 54 heavy (non-hydrogen) atoms. The lowest BCUT2D eigenvalue weighted by Gasteiger charge is -2.46. The predicted molar refractivity (Wildman–Crippen MR) is 210 cm³/mol. The number of halogens is 3. The average molecular weight is 756 g/mol. The molecule has 3 aliphatic rings. The van der Waals surface area contributed by atoms with Gasteiger partial charge in [-0.25, -0.2) is 4.79 Å². The van der Waals surface area contributed by atoms with E-state index in [0.717, 1.165) is 69.5 Å². The second kappa shape index (κ2) is 17.0. The molecule has 0 aromatic heterocycles. The van der Waals surface area contributed by atoms with Crippen LogP contribution >= 0.6 is 0 Å². The van der Waals surface area contributed by atoms with Crippen LogP contribution < -0.4 is 4.74 Å². The summed E-state index contributed by atoms with van der Waals surface area (Å²) in [5.41, 5.74) is 1.82. The summed E-state index contributed by atoms with van der Waals surface area (Å²) in [7, 11) is 1.65. The smallest absolute Gasteiger partial charge is 0.410 e. The van der Waals surface area contributed by atoms with Crippen molar-refractivity contribution in [1.82, 2.24) is 14.7 Å². The lowest BCUT2D eigenvalue weighted by Crippen LogP contribution is -2.50. The SMILES string of the molecule is COc1ccc([C@]2(CCN(Cc3ccc(C4=CC[C@@H](CN5CCN(C(=O)OC(C)(C)C)CC5)CC4)cc3)CC(C)(C)C(F)(F)F)CCOC(C)(C)C2)cc1. The van der Waals surface area contributed by atoms with Gasteiger partial charge in [0.1, 0.15) is 11.4 Å². The van der Waals surface area contributed by atoms with Crippen molar-refractivity contribution in [1.29, 1.82) is 0 Å². The number of hydrogen-bond acceptors (Lipinski definition) is 6. The Bertz CT molecular complexity index is 1560. The van der Waals surface area contributed by atoms with Crippen molar-refractivity contribution >= 4 is 11.7 Å². The maximum Gasteiger partial charge on any atom is 0.410 e. The number of methoxy groups -OCH3 is 1. The van der Waals surface area contributed by atoms with Gasteiger partial charge in [-0.1, -0.05) is 42.5 Å². The molecule has 1 aliphatic carbocycles. The lowest BCUT2D eigenvalue weighted by molar-refractivity contribution is -0.217. The van der Waals surface area contributed by atoms with E-state index in [4.69, 9.17) is 14.2 Å². The molecule has 5 rings (SSSR count). The standard InChI is InChI=1S/C44H64F3N3O4/c1-40(2,3)54-39(51)50-26-24-48(25-27-50)29-33-9-13-35(14-10-33)36-15-11-34(12-16-36)30-49(32-41(4,5)44(45,46)47)23-21-43(22-28-53-42(6,7)31-43)37-17-19-38(52-8)20-18-37/h11-13,15-20,33H,9-10,14,21-32H2,1-8H3/t33-,43-/m1/s1. The Hall–Kier alpha value is -3.08. The Morgan fingerprint density at radius 3 is 2.19 bits per heavy atom. The van der Waals surface area contributed by atoms with Gasteiger partial charge in [0.2, 0.25) is 0 Å². The van der Waals surface area contributed by atoms with E-state index in [1.807, 2.05) is 42.7 Å². The topological polar surface area (TPSA) is 54.5 Å². The van der Waals surface area contributed by atoms with Gasteiger partial charge in [-0.05, 0) is 134 Å². The van der Waals surface area contributed by atoms with Crippen LogP contribution in [0.2, 0.25) is 0 Å². The van der Waals surface area contributed by atoms with Crippen molar-refractivity contribution in [2.75, 3.05) is 59.5 Å². The van der Waals surface area contributed by atoms with E-state index in [-0.39, 0.29) is 23.7 Å². The van der Waals surface area contributed by atoms with Gasteiger partial charge < -0.3 is 19.1 Å². The molecule has 0 radical (unpaired) electrons. The van der Waals surface area contributed by atoms with Crippen LogP contribution in [-0.2, 0) is 21.4 Å². The Labute approximate surface area is 322 Å². The van der Waals surface area contributed by atoms with E-state index in [1.54, 1.807) is 7.11 Å². The van der Waals surface area contributed by atoms with Gasteiger partial charge in [-0.15, -0.1) is 0 Å². The Balaban J connectivity index is 1.22. The molecule has 0 spiro atoms. The zero-order valence-corrected chi connectivity index (χ0v) is 34.0. The molecule has 2 heterocycles. The van der Waals surface area contributed by atoms with Crippen LogP contribution in [0.3, 0.4) is 0 Å². The highest BCUT2D eigenvalue weighted by Gasteiger charge is 2.48. The number of alkyl halides is 3. The summed E-state index contributed by atoms with van der Waals surface area (Å²) in [4.78, 5) is 18.7. The number of hydrogen-bond donors (Lipinski definition) is 0. The first kappa shape index (κ1) is 42.1. The minimum atomic E-state index is -4.32. The second-order valence-electron chi connectivity index (χ2n) is 18.2. The first-order chi connectivity index (χ1) is 25.3. The predicted octanol–water partition coefficient (Wildman–Crippen LogP) is 9.74. The number of rotatable bonds is 12. The molecule has 2 atom stereocenters. The quantitative estimate of drug-likeness (QED) is 0.215. The van der Waals surface area contributed by atoms with Gasteiger partial charge in [-0.2, -0.15) is 13.2 Å². The fourth-order valence-electron chi connectivity index (χ4n) is 8.46. The lowest BCUT2D eigenvalue weighted by atomic mass is 9.67. The number of nitrogens with zero attached hydrogens (tertiary/aromatic N) is 3. The van der Waals surface area contributed by atoms with Gasteiger partial charge >= 0.3 is 12.3 Å². The largest absolute Gasteiger partial charge is 0.497 e. The summed E-state index contributed by atoms with van der Waals surface area (Å²) in [6.07, 6.45) is 3.28. The normalized spacial score (nSPS) is 22.9. The van der Waals surface area contributed by atoms with Crippen molar-refractivity contribution in [3.63, 3.8) is 0 Å². The van der Waals surface area contributed by atoms with Crippen molar-refractivity contribution in [2.24, 2.45) is 11.3 Å². The minimum absolute atomic E-state index is 0.0839. The number of piperazine rings is 1. The summed E-state index contributed by atoms with van der Waals surface area (Å²) < 4.78 is 59.9. The zero-order valence-electron chi connectivity index (χ0n) is 34.0. The molecule has 0 bridgehead atoms. The molecule has 10 heteroatoms. The molecular weight excluding hydrogens is 691 g/mol. The van der Waals surface area contributed by atoms with Crippen molar-refractivity contribution in [3.8, 4) is 5.75 Å². The summed E-state index contributed by atoms with van der Waals surface area (Å²) in [5.74, 6) is 1.36. The van der Waals surface area contributed by atoms with Crippen LogP contribution in [0.25, 0.3) is 5.57 Å². The maximum absolute atomic E-state index is 14.3. The molecule has 2 aromatic rings. The van der Waals surface area contributed by atoms with E-state index in [2.05, 4.69) is 61.2 Å². The number of carbonyl (C=O) groups excluding carboxylic acids is 1. The first-order valence-corrected chi connectivity index (χ1v) is 19.8. The third-order valence-electron chi connectivity index (χ3n) is 11.6. The molecule has 0 saturated carbocycles. The summed E-state index contributed by atoms with van der Waals surface area (Å²) in [5, 5.41) is 0. The third kappa shape index (κ3) is 11.3. The van der Waals surface area contributed by atoms with Crippen molar-refractivity contribution < 1.29 is 32.2 Å². The molecule has 2 aliphatic heterocycles. The molecule has 2 aromatic carbocycles. The summed E-state index contributed by atoms with van der Waals surface area (Å²) in [6.45, 7) is 18.2. The van der Waals surface area contributed by atoms with E-state index >= 15 is 0 Å². The molecule has 1 amide bonds. The number of ether oxygens (including phenoxy) is 3. The van der Waals surface area contributed by atoms with E-state index < -0.39 is 17.2 Å². The highest BCUT2D eigenvalue weighted by atomic mass is 19.4. The van der Waals surface area contributed by atoms with E-state index in [0.29, 0.717) is 38.7 Å². The minimum Gasteiger partial charge on any atom is -0.497 e. The highest BCUT2D eigenvalue weighted by Crippen LogP contribution is 2.45. The number of carbonyl (C=O) groups is 1. The van der Waals surface area contributed by atoms with Gasteiger partial charge in [-0.3, -0.25) is 9.80 Å². The van der Waals surface area contributed by atoms with Crippen LogP contribution in [0.15, 0.2) is 54.6 Å². The fraction of sp³-hybridized carbons (Fsp3) is 0.659. The molecule has 2 fully saturated rings. The monoisotopic (exact) mass is 755 g/mol.